The van der Waals surface area contributed by atoms with Gasteiger partial charge in [-0.2, -0.15) is 5.26 Å². The van der Waals surface area contributed by atoms with Crippen LogP contribution in [-0.4, -0.2) is 12.3 Å². The van der Waals surface area contributed by atoms with Crippen LogP contribution in [0, 0.1) is 46.8 Å². The summed E-state index contributed by atoms with van der Waals surface area (Å²) < 4.78 is 28.2. The molecule has 3 saturated carbocycles. The number of allylic oxidation sites excluding steroid dienone is 2. The Kier molecular flexibility index (Phi) is 5.39. The van der Waals surface area contributed by atoms with Crippen molar-refractivity contribution in [3.05, 3.63) is 12.2 Å². The summed E-state index contributed by atoms with van der Waals surface area (Å²) in [4.78, 5) is 0. The number of halogens is 2. The summed E-state index contributed by atoms with van der Waals surface area (Å²) in [7, 11) is 0. The van der Waals surface area contributed by atoms with Crippen LogP contribution < -0.4 is 0 Å². The van der Waals surface area contributed by atoms with Gasteiger partial charge in [0.2, 0.25) is 0 Å². The van der Waals surface area contributed by atoms with E-state index in [1.807, 2.05) is 6.07 Å². The Hall–Kier alpha value is -0.910. The molecule has 1 nitrogen and oxygen atoms in total. The van der Waals surface area contributed by atoms with E-state index in [2.05, 4.69) is 19.1 Å². The van der Waals surface area contributed by atoms with Gasteiger partial charge in [-0.15, -0.1) is 0 Å². The topological polar surface area (TPSA) is 23.8 Å². The summed E-state index contributed by atoms with van der Waals surface area (Å²) in [6.45, 7) is 2.10. The smallest absolute Gasteiger partial charge is 0.119 e. The van der Waals surface area contributed by atoms with E-state index in [0.29, 0.717) is 18.8 Å². The highest BCUT2D eigenvalue weighted by molar-refractivity contribution is 5.01. The first-order valence-corrected chi connectivity index (χ1v) is 9.43. The molecule has 0 spiro atoms. The fraction of sp³-hybridized carbons (Fsp3) is 0.850. The second kappa shape index (κ2) is 7.32. The van der Waals surface area contributed by atoms with E-state index in [1.54, 1.807) is 0 Å². The molecule has 23 heavy (non-hydrogen) atoms. The van der Waals surface area contributed by atoms with Gasteiger partial charge in [0, 0.05) is 0 Å². The minimum absolute atomic E-state index is 0.152. The van der Waals surface area contributed by atoms with Crippen molar-refractivity contribution in [1.82, 2.24) is 0 Å². The zero-order valence-electron chi connectivity index (χ0n) is 14.1. The van der Waals surface area contributed by atoms with Crippen LogP contribution in [0.3, 0.4) is 0 Å². The molecule has 0 amide bonds. The lowest BCUT2D eigenvalue weighted by Crippen LogP contribution is -2.40. The average molecular weight is 321 g/mol. The molecular weight excluding hydrogens is 292 g/mol. The fourth-order valence-electron chi connectivity index (χ4n) is 5.58. The third-order valence-electron chi connectivity index (χ3n) is 6.81. The molecule has 3 aliphatic carbocycles. The van der Waals surface area contributed by atoms with Gasteiger partial charge in [-0.3, -0.25) is 0 Å². The summed E-state index contributed by atoms with van der Waals surface area (Å²) in [5.74, 6) is 1.93. The Labute approximate surface area is 139 Å². The maximum absolute atomic E-state index is 14.1. The van der Waals surface area contributed by atoms with Gasteiger partial charge in [0.15, 0.2) is 0 Å². The second-order valence-corrected chi connectivity index (χ2v) is 8.11. The quantitative estimate of drug-likeness (QED) is 0.605. The Bertz CT molecular complexity index is 457. The van der Waals surface area contributed by atoms with Crippen LogP contribution in [0.25, 0.3) is 0 Å². The predicted molar refractivity (Wildman–Crippen MR) is 88.1 cm³/mol. The van der Waals surface area contributed by atoms with E-state index in [0.717, 1.165) is 30.6 Å². The number of rotatable bonds is 2. The highest BCUT2D eigenvalue weighted by atomic mass is 19.1. The third kappa shape index (κ3) is 3.62. The predicted octanol–water partition coefficient (Wildman–Crippen LogP) is 5.62. The van der Waals surface area contributed by atoms with E-state index >= 15 is 0 Å². The van der Waals surface area contributed by atoms with Crippen LogP contribution in [0.2, 0.25) is 0 Å². The maximum Gasteiger partial charge on any atom is 0.119 e. The molecule has 0 radical (unpaired) electrons. The SMILES string of the molecule is C/C=C/C1CCC2CC(C3CC(F)C(C#N)C(F)C3)CCC2C1. The highest BCUT2D eigenvalue weighted by Crippen LogP contribution is 2.49. The molecule has 0 saturated heterocycles. The van der Waals surface area contributed by atoms with Crippen molar-refractivity contribution in [2.24, 2.45) is 35.5 Å². The van der Waals surface area contributed by atoms with Gasteiger partial charge in [0.25, 0.3) is 0 Å². The van der Waals surface area contributed by atoms with Crippen LogP contribution >= 0.6 is 0 Å². The summed E-state index contributed by atoms with van der Waals surface area (Å²) in [5, 5.41) is 8.92. The minimum atomic E-state index is -1.27. The highest BCUT2D eigenvalue weighted by Gasteiger charge is 2.44. The van der Waals surface area contributed by atoms with Crippen molar-refractivity contribution < 1.29 is 8.78 Å². The van der Waals surface area contributed by atoms with Gasteiger partial charge in [-0.1, -0.05) is 12.2 Å². The lowest BCUT2D eigenvalue weighted by Gasteiger charge is -2.45. The third-order valence-corrected chi connectivity index (χ3v) is 6.81. The van der Waals surface area contributed by atoms with Gasteiger partial charge in [-0.25, -0.2) is 8.78 Å². The van der Waals surface area contributed by atoms with Crippen molar-refractivity contribution in [1.29, 1.82) is 5.26 Å². The van der Waals surface area contributed by atoms with Crippen molar-refractivity contribution in [3.8, 4) is 6.07 Å². The lowest BCUT2D eigenvalue weighted by atomic mass is 9.60. The number of alkyl halides is 2. The second-order valence-electron chi connectivity index (χ2n) is 8.11. The molecule has 0 bridgehead atoms. The van der Waals surface area contributed by atoms with E-state index in [1.165, 1.54) is 25.7 Å². The summed E-state index contributed by atoms with van der Waals surface area (Å²) in [5.41, 5.74) is 0. The molecule has 3 fully saturated rings. The molecule has 128 valence electrons. The van der Waals surface area contributed by atoms with E-state index in [-0.39, 0.29) is 5.92 Å². The van der Waals surface area contributed by atoms with Gasteiger partial charge < -0.3 is 0 Å². The molecular formula is C20H29F2N. The molecule has 0 aliphatic heterocycles. The first kappa shape index (κ1) is 16.9. The van der Waals surface area contributed by atoms with Gasteiger partial charge in [0.1, 0.15) is 18.3 Å². The fourth-order valence-corrected chi connectivity index (χ4v) is 5.58. The molecule has 0 aromatic carbocycles. The van der Waals surface area contributed by atoms with Crippen LogP contribution in [0.15, 0.2) is 12.2 Å². The Balaban J connectivity index is 1.57. The zero-order chi connectivity index (χ0) is 16.4. The first-order chi connectivity index (χ1) is 11.1. The summed E-state index contributed by atoms with van der Waals surface area (Å²) in [6, 6.07) is 1.83. The summed E-state index contributed by atoms with van der Waals surface area (Å²) >= 11 is 0. The molecule has 0 aromatic rings. The first-order valence-electron chi connectivity index (χ1n) is 9.43. The van der Waals surface area contributed by atoms with Crippen LogP contribution in [0.1, 0.15) is 58.3 Å². The normalized spacial score (nSPS) is 47.9. The lowest BCUT2D eigenvalue weighted by molar-refractivity contribution is 0.0165. The molecule has 6 atom stereocenters. The van der Waals surface area contributed by atoms with Crippen LogP contribution in [0.5, 0.6) is 0 Å². The molecule has 3 heteroatoms. The molecule has 3 rings (SSSR count). The van der Waals surface area contributed by atoms with E-state index in [4.69, 9.17) is 5.26 Å². The van der Waals surface area contributed by atoms with Crippen molar-refractivity contribution >= 4 is 0 Å². The number of nitrogens with zero attached hydrogens (tertiary/aromatic N) is 1. The largest absolute Gasteiger partial charge is 0.246 e. The molecule has 3 aliphatic rings. The minimum Gasteiger partial charge on any atom is -0.246 e. The number of fused-ring (bicyclic) bond motifs is 1. The number of nitriles is 1. The molecule has 0 heterocycles. The van der Waals surface area contributed by atoms with E-state index in [9.17, 15) is 8.78 Å². The Morgan fingerprint density at radius 1 is 0.826 bits per heavy atom. The van der Waals surface area contributed by atoms with Crippen LogP contribution in [-0.2, 0) is 0 Å². The monoisotopic (exact) mass is 321 g/mol. The maximum atomic E-state index is 14.1. The van der Waals surface area contributed by atoms with E-state index < -0.39 is 18.3 Å². The van der Waals surface area contributed by atoms with Crippen LogP contribution in [0.4, 0.5) is 8.78 Å². The van der Waals surface area contributed by atoms with Crippen molar-refractivity contribution in [2.45, 2.75) is 70.6 Å². The molecule has 6 unspecified atom stereocenters. The average Bonchev–Trinajstić information content (AvgIpc) is 2.54. The Morgan fingerprint density at radius 3 is 2.00 bits per heavy atom. The number of hydrogen-bond acceptors (Lipinski definition) is 1. The standard InChI is InChI=1S/C20H29F2N/c1-2-3-13-4-5-15-9-16(7-6-14(15)8-13)17-10-19(21)18(12-23)20(22)11-17/h2-3,13-20H,4-11H2,1H3/b3-2+. The summed E-state index contributed by atoms with van der Waals surface area (Å²) in [6.07, 6.45) is 10.2. The van der Waals surface area contributed by atoms with Gasteiger partial charge >= 0.3 is 0 Å². The van der Waals surface area contributed by atoms with Gasteiger partial charge in [0.05, 0.1) is 6.07 Å². The molecule has 0 aromatic heterocycles. The zero-order valence-corrected chi connectivity index (χ0v) is 14.1. The Morgan fingerprint density at radius 2 is 1.39 bits per heavy atom. The molecule has 0 N–H and O–H groups in total. The number of hydrogen-bond donors (Lipinski definition) is 0. The van der Waals surface area contributed by atoms with Gasteiger partial charge in [-0.05, 0) is 87.9 Å². The van der Waals surface area contributed by atoms with Crippen molar-refractivity contribution in [3.63, 3.8) is 0 Å². The van der Waals surface area contributed by atoms with Crippen molar-refractivity contribution in [2.75, 3.05) is 0 Å².